The molecule has 0 N–H and O–H groups in total. The summed E-state index contributed by atoms with van der Waals surface area (Å²) in [7, 11) is 1.65. The monoisotopic (exact) mass is 316 g/mol. The van der Waals surface area contributed by atoms with Crippen LogP contribution in [0.25, 0.3) is 0 Å². The lowest BCUT2D eigenvalue weighted by Crippen LogP contribution is -2.13. The highest BCUT2D eigenvalue weighted by Gasteiger charge is 2.09. The minimum absolute atomic E-state index is 0.358. The van der Waals surface area contributed by atoms with E-state index in [2.05, 4.69) is 12.1 Å². The lowest BCUT2D eigenvalue weighted by molar-refractivity contribution is -0.119. The van der Waals surface area contributed by atoms with Gasteiger partial charge >= 0.3 is 0 Å². The molecule has 0 saturated heterocycles. The number of hydrogen-bond acceptors (Lipinski definition) is 4. The molecule has 2 rings (SSSR count). The molecule has 2 aromatic carbocycles. The molecule has 3 nitrogen and oxygen atoms in total. The van der Waals surface area contributed by atoms with Gasteiger partial charge in [0.15, 0.2) is 0 Å². The summed E-state index contributed by atoms with van der Waals surface area (Å²) >= 11 is 1.68. The van der Waals surface area contributed by atoms with Gasteiger partial charge in [0.25, 0.3) is 0 Å². The maximum atomic E-state index is 10.8. The van der Waals surface area contributed by atoms with Gasteiger partial charge < -0.3 is 14.3 Å². The molecular weight excluding hydrogens is 296 g/mol. The number of hydrogen-bond donors (Lipinski definition) is 0. The third kappa shape index (κ3) is 4.61. The van der Waals surface area contributed by atoms with E-state index in [0.29, 0.717) is 13.0 Å². The molecule has 0 amide bonds. The molecule has 4 heteroatoms. The lowest BCUT2D eigenvalue weighted by Gasteiger charge is -2.13. The highest BCUT2D eigenvalue weighted by molar-refractivity contribution is 7.99. The van der Waals surface area contributed by atoms with E-state index in [1.165, 1.54) is 4.90 Å². The molecule has 0 fully saturated rings. The van der Waals surface area contributed by atoms with Crippen LogP contribution in [0.1, 0.15) is 18.9 Å². The fraction of sp³-hybridized carbons (Fsp3) is 0.278. The van der Waals surface area contributed by atoms with Gasteiger partial charge in [-0.25, -0.2) is 0 Å². The number of benzene rings is 2. The van der Waals surface area contributed by atoms with E-state index in [1.807, 2.05) is 43.3 Å². The first-order valence-corrected chi connectivity index (χ1v) is 8.05. The molecule has 22 heavy (non-hydrogen) atoms. The molecule has 0 bridgehead atoms. The molecule has 0 aliphatic rings. The maximum absolute atomic E-state index is 10.8. The molecule has 116 valence electrons. The van der Waals surface area contributed by atoms with Gasteiger partial charge in [-0.2, -0.15) is 0 Å². The van der Waals surface area contributed by atoms with Gasteiger partial charge in [0.1, 0.15) is 18.1 Å². The summed E-state index contributed by atoms with van der Waals surface area (Å²) < 4.78 is 11.0. The first-order valence-electron chi connectivity index (χ1n) is 7.23. The third-order valence-corrected chi connectivity index (χ3v) is 4.24. The lowest BCUT2D eigenvalue weighted by atomic mass is 10.2. The fourth-order valence-electron chi connectivity index (χ4n) is 1.98. The second-order valence-electron chi connectivity index (χ2n) is 4.78. The van der Waals surface area contributed by atoms with Crippen LogP contribution in [0.15, 0.2) is 58.3 Å². The Morgan fingerprint density at radius 2 is 1.91 bits per heavy atom. The Kier molecular flexibility index (Phi) is 6.49. The van der Waals surface area contributed by atoms with Crippen molar-refractivity contribution >= 4 is 18.0 Å². The highest BCUT2D eigenvalue weighted by atomic mass is 32.2. The first-order chi connectivity index (χ1) is 10.8. The van der Waals surface area contributed by atoms with Crippen LogP contribution >= 0.6 is 11.8 Å². The molecule has 0 unspecified atom stereocenters. The molecule has 0 aliphatic carbocycles. The first kappa shape index (κ1) is 16.6. The Bertz CT molecular complexity index is 599. The Labute approximate surface area is 135 Å². The van der Waals surface area contributed by atoms with Crippen LogP contribution in [-0.2, 0) is 16.1 Å². The molecule has 0 saturated carbocycles. The van der Waals surface area contributed by atoms with E-state index >= 15 is 0 Å². The SMILES string of the molecule is CC[C@H](C=O)OCc1ccc(Sc2ccccc2)cc1OC. The standard InChI is InChI=1S/C18H20O3S/c1-3-15(12-19)21-13-14-9-10-17(11-18(14)20-2)22-16-7-5-4-6-8-16/h4-12,15H,3,13H2,1-2H3/t15-/m1/s1. The third-order valence-electron chi connectivity index (χ3n) is 3.24. The molecule has 0 aliphatic heterocycles. The van der Waals surface area contributed by atoms with Crippen molar-refractivity contribution in [2.75, 3.05) is 7.11 Å². The van der Waals surface area contributed by atoms with Crippen molar-refractivity contribution in [3.63, 3.8) is 0 Å². The van der Waals surface area contributed by atoms with Crippen LogP contribution < -0.4 is 4.74 Å². The van der Waals surface area contributed by atoms with Crippen molar-refractivity contribution in [2.24, 2.45) is 0 Å². The molecular formula is C18H20O3S. The average Bonchev–Trinajstić information content (AvgIpc) is 2.57. The van der Waals surface area contributed by atoms with Crippen molar-refractivity contribution in [2.45, 2.75) is 35.8 Å². The second kappa shape index (κ2) is 8.61. The zero-order valence-electron chi connectivity index (χ0n) is 12.8. The van der Waals surface area contributed by atoms with Crippen LogP contribution in [0.5, 0.6) is 5.75 Å². The van der Waals surface area contributed by atoms with Gasteiger partial charge in [-0.3, -0.25) is 0 Å². The summed E-state index contributed by atoms with van der Waals surface area (Å²) in [5, 5.41) is 0. The molecule has 0 radical (unpaired) electrons. The van der Waals surface area contributed by atoms with Gasteiger partial charge in [-0.05, 0) is 30.7 Å². The number of ether oxygens (including phenoxy) is 2. The van der Waals surface area contributed by atoms with Crippen LogP contribution in [0.3, 0.4) is 0 Å². The number of rotatable bonds is 8. The minimum atomic E-state index is -0.358. The van der Waals surface area contributed by atoms with E-state index in [-0.39, 0.29) is 6.10 Å². The molecule has 0 spiro atoms. The van der Waals surface area contributed by atoms with E-state index < -0.39 is 0 Å². The van der Waals surface area contributed by atoms with E-state index in [4.69, 9.17) is 9.47 Å². The fourth-order valence-corrected chi connectivity index (χ4v) is 2.85. The van der Waals surface area contributed by atoms with Crippen molar-refractivity contribution in [3.05, 3.63) is 54.1 Å². The molecule has 2 aromatic rings. The number of carbonyl (C=O) groups is 1. The van der Waals surface area contributed by atoms with Crippen LogP contribution in [-0.4, -0.2) is 19.5 Å². The number of carbonyl (C=O) groups excluding carboxylic acids is 1. The Morgan fingerprint density at radius 1 is 1.14 bits per heavy atom. The maximum Gasteiger partial charge on any atom is 0.148 e. The summed E-state index contributed by atoms with van der Waals surface area (Å²) in [5.74, 6) is 0.779. The smallest absolute Gasteiger partial charge is 0.148 e. The van der Waals surface area contributed by atoms with E-state index in [9.17, 15) is 4.79 Å². The van der Waals surface area contributed by atoms with Crippen molar-refractivity contribution in [1.29, 1.82) is 0 Å². The molecule has 1 atom stereocenters. The topological polar surface area (TPSA) is 35.5 Å². The van der Waals surface area contributed by atoms with Crippen LogP contribution in [0.2, 0.25) is 0 Å². The number of methoxy groups -OCH3 is 1. The summed E-state index contributed by atoms with van der Waals surface area (Å²) in [4.78, 5) is 13.1. The number of aldehydes is 1. The van der Waals surface area contributed by atoms with Crippen molar-refractivity contribution < 1.29 is 14.3 Å². The quantitative estimate of drug-likeness (QED) is 0.679. The van der Waals surface area contributed by atoms with Crippen LogP contribution in [0, 0.1) is 0 Å². The zero-order valence-corrected chi connectivity index (χ0v) is 13.6. The molecule has 0 aromatic heterocycles. The largest absolute Gasteiger partial charge is 0.496 e. The normalized spacial score (nSPS) is 11.9. The van der Waals surface area contributed by atoms with Gasteiger partial charge in [0.05, 0.1) is 13.7 Å². The summed E-state index contributed by atoms with van der Waals surface area (Å²) in [5.41, 5.74) is 0.945. The predicted octanol–water partition coefficient (Wildman–Crippen LogP) is 4.34. The molecule has 0 heterocycles. The van der Waals surface area contributed by atoms with Crippen molar-refractivity contribution in [3.8, 4) is 5.75 Å². The predicted molar refractivity (Wildman–Crippen MR) is 88.5 cm³/mol. The summed E-state index contributed by atoms with van der Waals surface area (Å²) in [6.07, 6.45) is 1.16. The minimum Gasteiger partial charge on any atom is -0.496 e. The van der Waals surface area contributed by atoms with Crippen molar-refractivity contribution in [1.82, 2.24) is 0 Å². The van der Waals surface area contributed by atoms with Gasteiger partial charge in [-0.1, -0.05) is 43.0 Å². The Hall–Kier alpha value is -1.78. The average molecular weight is 316 g/mol. The van der Waals surface area contributed by atoms with E-state index in [1.54, 1.807) is 18.9 Å². The van der Waals surface area contributed by atoms with Gasteiger partial charge in [0, 0.05) is 15.4 Å². The van der Waals surface area contributed by atoms with Crippen LogP contribution in [0.4, 0.5) is 0 Å². The Balaban J connectivity index is 2.08. The Morgan fingerprint density at radius 3 is 2.55 bits per heavy atom. The summed E-state index contributed by atoms with van der Waals surface area (Å²) in [6.45, 7) is 2.30. The zero-order chi connectivity index (χ0) is 15.8. The van der Waals surface area contributed by atoms with E-state index in [0.717, 1.165) is 22.5 Å². The van der Waals surface area contributed by atoms with Gasteiger partial charge in [-0.15, -0.1) is 0 Å². The van der Waals surface area contributed by atoms with Gasteiger partial charge in [0.2, 0.25) is 0 Å². The second-order valence-corrected chi connectivity index (χ2v) is 5.93. The summed E-state index contributed by atoms with van der Waals surface area (Å²) in [6, 6.07) is 16.2. The highest BCUT2D eigenvalue weighted by Crippen LogP contribution is 2.32.